The molecule has 0 aliphatic carbocycles. The van der Waals surface area contributed by atoms with Crippen LogP contribution in [0.3, 0.4) is 0 Å². The van der Waals surface area contributed by atoms with Gasteiger partial charge in [-0.1, -0.05) is 30.3 Å². The van der Waals surface area contributed by atoms with Crippen molar-refractivity contribution >= 4 is 0 Å². The fraction of sp³-hybridized carbons (Fsp3) is 0.143. The molecule has 0 amide bonds. The Morgan fingerprint density at radius 1 is 1.15 bits per heavy atom. The van der Waals surface area contributed by atoms with Gasteiger partial charge in [0.15, 0.2) is 0 Å². The summed E-state index contributed by atoms with van der Waals surface area (Å²) >= 11 is 0. The molecule has 27 heavy (non-hydrogen) atoms. The molecule has 134 valence electrons. The van der Waals surface area contributed by atoms with Gasteiger partial charge in [0.25, 0.3) is 0 Å². The van der Waals surface area contributed by atoms with Crippen LogP contribution in [0.25, 0.3) is 5.69 Å². The van der Waals surface area contributed by atoms with Crippen LogP contribution in [0, 0.1) is 18.3 Å². The molecular weight excluding hydrogens is 340 g/mol. The molecular formula is C21H18N4O2. The molecule has 3 aromatic rings. The van der Waals surface area contributed by atoms with Gasteiger partial charge < -0.3 is 15.2 Å². The van der Waals surface area contributed by atoms with E-state index in [0.717, 1.165) is 28.3 Å². The Morgan fingerprint density at radius 2 is 1.85 bits per heavy atom. The molecule has 6 heteroatoms. The van der Waals surface area contributed by atoms with Gasteiger partial charge in [-0.3, -0.25) is 0 Å². The molecule has 0 radical (unpaired) electrons. The molecule has 1 aromatic heterocycles. The van der Waals surface area contributed by atoms with Crippen molar-refractivity contribution in [2.24, 2.45) is 5.73 Å². The number of nitrogens with zero attached hydrogens (tertiary/aromatic N) is 3. The van der Waals surface area contributed by atoms with Crippen LogP contribution in [0.5, 0.6) is 11.6 Å². The van der Waals surface area contributed by atoms with E-state index in [1.807, 2.05) is 61.5 Å². The van der Waals surface area contributed by atoms with Gasteiger partial charge in [0.2, 0.25) is 11.8 Å². The monoisotopic (exact) mass is 358 g/mol. The van der Waals surface area contributed by atoms with Crippen molar-refractivity contribution in [1.29, 1.82) is 5.26 Å². The second-order valence-electron chi connectivity index (χ2n) is 6.25. The van der Waals surface area contributed by atoms with Crippen LogP contribution in [0.4, 0.5) is 0 Å². The molecule has 0 spiro atoms. The number of allylic oxidation sites excluding steroid dienone is 1. The van der Waals surface area contributed by atoms with E-state index in [0.29, 0.717) is 11.5 Å². The number of hydrogen-bond donors (Lipinski definition) is 1. The second-order valence-corrected chi connectivity index (χ2v) is 6.25. The minimum atomic E-state index is -0.345. The van der Waals surface area contributed by atoms with E-state index in [2.05, 4.69) is 11.2 Å². The number of nitriles is 1. The molecule has 1 atom stereocenters. The van der Waals surface area contributed by atoms with Crippen LogP contribution in [0.15, 0.2) is 66.1 Å². The summed E-state index contributed by atoms with van der Waals surface area (Å²) in [5.41, 5.74) is 9.91. The zero-order chi connectivity index (χ0) is 19.0. The molecule has 0 saturated heterocycles. The summed E-state index contributed by atoms with van der Waals surface area (Å²) in [6.07, 6.45) is 0. The standard InChI is InChI=1S/C21H18N4O2/c1-13-18-19(14-8-10-16(26-2)11-9-14)17(12-22)20(23)27-21(18)25(24-13)15-6-4-3-5-7-15/h3-11,19H,23H2,1-2H3/t19-/m0/s1. The van der Waals surface area contributed by atoms with Gasteiger partial charge in [0, 0.05) is 0 Å². The number of para-hydroxylation sites is 1. The lowest BCUT2D eigenvalue weighted by Crippen LogP contribution is -2.22. The van der Waals surface area contributed by atoms with E-state index in [9.17, 15) is 5.26 Å². The highest BCUT2D eigenvalue weighted by Crippen LogP contribution is 2.44. The molecule has 2 heterocycles. The Balaban J connectivity index is 1.92. The summed E-state index contributed by atoms with van der Waals surface area (Å²) in [5, 5.41) is 14.4. The Morgan fingerprint density at radius 3 is 2.48 bits per heavy atom. The second kappa shape index (κ2) is 6.54. The van der Waals surface area contributed by atoms with Gasteiger partial charge in [-0.05, 0) is 36.8 Å². The van der Waals surface area contributed by atoms with Crippen molar-refractivity contribution in [3.8, 4) is 23.4 Å². The lowest BCUT2D eigenvalue weighted by Gasteiger charge is -2.25. The van der Waals surface area contributed by atoms with Crippen molar-refractivity contribution in [2.45, 2.75) is 12.8 Å². The number of aromatic nitrogens is 2. The molecule has 2 aromatic carbocycles. The van der Waals surface area contributed by atoms with Gasteiger partial charge in [0.05, 0.1) is 30.0 Å². The summed E-state index contributed by atoms with van der Waals surface area (Å²) in [6, 6.07) is 19.5. The van der Waals surface area contributed by atoms with Crippen molar-refractivity contribution < 1.29 is 9.47 Å². The Bertz CT molecular complexity index is 1060. The third-order valence-corrected chi connectivity index (χ3v) is 4.68. The number of nitrogens with two attached hydrogens (primary N) is 1. The third-order valence-electron chi connectivity index (χ3n) is 4.68. The van der Waals surface area contributed by atoms with Crippen LogP contribution < -0.4 is 15.2 Å². The molecule has 1 aliphatic rings. The average Bonchev–Trinajstić information content (AvgIpc) is 3.03. The Hall–Kier alpha value is -3.72. The van der Waals surface area contributed by atoms with Gasteiger partial charge in [-0.2, -0.15) is 10.4 Å². The summed E-state index contributed by atoms with van der Waals surface area (Å²) in [5.74, 6) is 1.04. The maximum atomic E-state index is 9.71. The van der Waals surface area contributed by atoms with Crippen LogP contribution >= 0.6 is 0 Å². The molecule has 0 bridgehead atoms. The molecule has 2 N–H and O–H groups in total. The number of fused-ring (bicyclic) bond motifs is 1. The minimum absolute atomic E-state index is 0.0999. The van der Waals surface area contributed by atoms with Gasteiger partial charge in [-0.25, -0.2) is 4.68 Å². The highest BCUT2D eigenvalue weighted by molar-refractivity contribution is 5.57. The van der Waals surface area contributed by atoms with Crippen molar-refractivity contribution in [3.63, 3.8) is 0 Å². The lowest BCUT2D eigenvalue weighted by atomic mass is 9.84. The maximum absolute atomic E-state index is 9.71. The number of ether oxygens (including phenoxy) is 2. The largest absolute Gasteiger partial charge is 0.497 e. The van der Waals surface area contributed by atoms with Gasteiger partial charge in [-0.15, -0.1) is 0 Å². The first-order valence-corrected chi connectivity index (χ1v) is 8.50. The average molecular weight is 358 g/mol. The molecule has 0 saturated carbocycles. The summed E-state index contributed by atoms with van der Waals surface area (Å²) in [7, 11) is 1.62. The Labute approximate surface area is 157 Å². The van der Waals surface area contributed by atoms with Crippen molar-refractivity contribution in [2.75, 3.05) is 7.11 Å². The van der Waals surface area contributed by atoms with E-state index in [4.69, 9.17) is 15.2 Å². The van der Waals surface area contributed by atoms with Crippen molar-refractivity contribution in [3.05, 3.63) is 82.9 Å². The van der Waals surface area contributed by atoms with E-state index in [1.165, 1.54) is 0 Å². The zero-order valence-corrected chi connectivity index (χ0v) is 15.0. The minimum Gasteiger partial charge on any atom is -0.497 e. The van der Waals surface area contributed by atoms with E-state index in [-0.39, 0.29) is 11.8 Å². The van der Waals surface area contributed by atoms with Gasteiger partial charge in [0.1, 0.15) is 17.4 Å². The maximum Gasteiger partial charge on any atom is 0.229 e. The highest BCUT2D eigenvalue weighted by atomic mass is 16.5. The topological polar surface area (TPSA) is 86.1 Å². The lowest BCUT2D eigenvalue weighted by molar-refractivity contribution is 0.367. The Kier molecular flexibility index (Phi) is 4.05. The zero-order valence-electron chi connectivity index (χ0n) is 15.0. The first-order valence-electron chi connectivity index (χ1n) is 8.50. The molecule has 6 nitrogen and oxygen atoms in total. The smallest absolute Gasteiger partial charge is 0.229 e. The molecule has 0 unspecified atom stereocenters. The molecule has 1 aliphatic heterocycles. The SMILES string of the molecule is COc1ccc([C@H]2C(C#N)=C(N)Oc3c2c(C)nn3-c2ccccc2)cc1. The van der Waals surface area contributed by atoms with Crippen molar-refractivity contribution in [1.82, 2.24) is 9.78 Å². The summed E-state index contributed by atoms with van der Waals surface area (Å²) in [6.45, 7) is 1.91. The number of rotatable bonds is 3. The van der Waals surface area contributed by atoms with Crippen LogP contribution in [0.2, 0.25) is 0 Å². The van der Waals surface area contributed by atoms with Gasteiger partial charge >= 0.3 is 0 Å². The fourth-order valence-corrected chi connectivity index (χ4v) is 3.39. The summed E-state index contributed by atoms with van der Waals surface area (Å²) < 4.78 is 12.8. The first kappa shape index (κ1) is 16.7. The number of aryl methyl sites for hydroxylation is 1. The van der Waals surface area contributed by atoms with E-state index < -0.39 is 0 Å². The number of methoxy groups -OCH3 is 1. The summed E-state index contributed by atoms with van der Waals surface area (Å²) in [4.78, 5) is 0. The van der Waals surface area contributed by atoms with Crippen LogP contribution in [-0.4, -0.2) is 16.9 Å². The predicted molar refractivity (Wildman–Crippen MR) is 101 cm³/mol. The highest BCUT2D eigenvalue weighted by Gasteiger charge is 2.36. The van der Waals surface area contributed by atoms with Crippen LogP contribution in [0.1, 0.15) is 22.7 Å². The van der Waals surface area contributed by atoms with E-state index in [1.54, 1.807) is 11.8 Å². The fourth-order valence-electron chi connectivity index (χ4n) is 3.39. The number of hydrogen-bond acceptors (Lipinski definition) is 5. The van der Waals surface area contributed by atoms with E-state index >= 15 is 0 Å². The first-order chi connectivity index (χ1) is 13.1. The molecule has 0 fully saturated rings. The predicted octanol–water partition coefficient (Wildman–Crippen LogP) is 3.41. The quantitative estimate of drug-likeness (QED) is 0.775. The molecule has 4 rings (SSSR count). The third kappa shape index (κ3) is 2.70. The number of benzene rings is 2. The van der Waals surface area contributed by atoms with Crippen LogP contribution in [-0.2, 0) is 0 Å². The normalized spacial score (nSPS) is 15.7.